The van der Waals surface area contributed by atoms with Gasteiger partial charge in [0.05, 0.1) is 0 Å². The van der Waals surface area contributed by atoms with Crippen molar-refractivity contribution >= 4 is 11.6 Å². The van der Waals surface area contributed by atoms with Crippen molar-refractivity contribution in [1.82, 2.24) is 0 Å². The Balaban J connectivity index is 3.14. The topological polar surface area (TPSA) is 26.0 Å². The Hall–Kier alpha value is -0.600. The number of hydrogen-bond acceptors (Lipinski definition) is 1. The summed E-state index contributed by atoms with van der Waals surface area (Å²) in [7, 11) is 0. The minimum absolute atomic E-state index is 0.268. The van der Waals surface area contributed by atoms with Gasteiger partial charge in [-0.15, -0.1) is 0 Å². The highest BCUT2D eigenvalue weighted by molar-refractivity contribution is 6.32. The zero-order valence-electron chi connectivity index (χ0n) is 6.90. The minimum atomic E-state index is -0.268. The third kappa shape index (κ3) is 1.76. The van der Waals surface area contributed by atoms with E-state index in [2.05, 4.69) is 0 Å². The highest BCUT2D eigenvalue weighted by Crippen LogP contribution is 2.23. The Kier molecular flexibility index (Phi) is 3.06. The molecule has 12 heavy (non-hydrogen) atoms. The number of rotatable bonds is 2. The van der Waals surface area contributed by atoms with Crippen LogP contribution >= 0.6 is 11.6 Å². The molecule has 0 saturated heterocycles. The van der Waals surface area contributed by atoms with Crippen molar-refractivity contribution in [3.63, 3.8) is 0 Å². The Bertz CT molecular complexity index is 286. The van der Waals surface area contributed by atoms with E-state index in [4.69, 9.17) is 17.3 Å². The fraction of sp³-hybridized carbons (Fsp3) is 0.333. The highest BCUT2D eigenvalue weighted by atomic mass is 35.5. The second kappa shape index (κ2) is 3.87. The molecule has 2 N–H and O–H groups in total. The largest absolute Gasteiger partial charge is 0.330 e. The lowest BCUT2D eigenvalue weighted by atomic mass is 10.1. The number of halogens is 2. The van der Waals surface area contributed by atoms with Gasteiger partial charge in [0.15, 0.2) is 0 Å². The standard InChI is InChI=1S/C9H11ClFN/c1-6-2-3-8(11)7(4-5-12)9(6)10/h2-3H,4-5,12H2,1H3. The van der Waals surface area contributed by atoms with E-state index in [1.54, 1.807) is 6.07 Å². The maximum absolute atomic E-state index is 13.1. The van der Waals surface area contributed by atoms with Crippen LogP contribution in [0, 0.1) is 12.7 Å². The Morgan fingerprint density at radius 2 is 2.17 bits per heavy atom. The monoisotopic (exact) mass is 187 g/mol. The molecule has 1 aromatic rings. The van der Waals surface area contributed by atoms with Crippen LogP contribution in [0.3, 0.4) is 0 Å². The molecular formula is C9H11ClFN. The normalized spacial score (nSPS) is 10.3. The molecule has 0 aliphatic heterocycles. The quantitative estimate of drug-likeness (QED) is 0.756. The summed E-state index contributed by atoms with van der Waals surface area (Å²) in [6, 6.07) is 3.09. The minimum Gasteiger partial charge on any atom is -0.330 e. The van der Waals surface area contributed by atoms with E-state index in [1.807, 2.05) is 6.92 Å². The summed E-state index contributed by atoms with van der Waals surface area (Å²) in [5, 5.41) is 0.500. The van der Waals surface area contributed by atoms with Gasteiger partial charge in [-0.1, -0.05) is 17.7 Å². The second-order valence-corrected chi connectivity index (χ2v) is 3.07. The fourth-order valence-corrected chi connectivity index (χ4v) is 1.34. The molecule has 1 aromatic carbocycles. The maximum atomic E-state index is 13.1. The molecule has 0 aromatic heterocycles. The molecule has 0 bridgehead atoms. The zero-order chi connectivity index (χ0) is 9.14. The molecule has 66 valence electrons. The highest BCUT2D eigenvalue weighted by Gasteiger charge is 2.07. The van der Waals surface area contributed by atoms with Gasteiger partial charge in [0.25, 0.3) is 0 Å². The molecule has 0 spiro atoms. The third-order valence-corrected chi connectivity index (χ3v) is 2.30. The second-order valence-electron chi connectivity index (χ2n) is 2.70. The first kappa shape index (κ1) is 9.49. The van der Waals surface area contributed by atoms with Crippen LogP contribution in [0.15, 0.2) is 12.1 Å². The number of aryl methyl sites for hydroxylation is 1. The molecule has 0 aliphatic rings. The Morgan fingerprint density at radius 3 is 2.75 bits per heavy atom. The fourth-order valence-electron chi connectivity index (χ4n) is 1.09. The summed E-state index contributed by atoms with van der Waals surface area (Å²) in [5.74, 6) is -0.268. The van der Waals surface area contributed by atoms with E-state index < -0.39 is 0 Å². The lowest BCUT2D eigenvalue weighted by Crippen LogP contribution is -2.05. The molecule has 1 nitrogen and oxygen atoms in total. The lowest BCUT2D eigenvalue weighted by Gasteiger charge is -2.06. The van der Waals surface area contributed by atoms with Crippen molar-refractivity contribution in [2.45, 2.75) is 13.3 Å². The van der Waals surface area contributed by atoms with Gasteiger partial charge in [-0.3, -0.25) is 0 Å². The van der Waals surface area contributed by atoms with Gasteiger partial charge in [0.1, 0.15) is 5.82 Å². The van der Waals surface area contributed by atoms with Gasteiger partial charge in [-0.05, 0) is 31.5 Å². The predicted octanol–water partition coefficient (Wildman–Crippen LogP) is 2.29. The molecule has 0 radical (unpaired) electrons. The molecule has 0 heterocycles. The van der Waals surface area contributed by atoms with Crippen molar-refractivity contribution in [2.24, 2.45) is 5.73 Å². The predicted molar refractivity (Wildman–Crippen MR) is 48.9 cm³/mol. The van der Waals surface area contributed by atoms with Gasteiger partial charge in [-0.25, -0.2) is 4.39 Å². The van der Waals surface area contributed by atoms with Crippen LogP contribution in [0.4, 0.5) is 4.39 Å². The lowest BCUT2D eigenvalue weighted by molar-refractivity contribution is 0.609. The van der Waals surface area contributed by atoms with E-state index in [9.17, 15) is 4.39 Å². The van der Waals surface area contributed by atoms with Crippen LogP contribution in [-0.4, -0.2) is 6.54 Å². The summed E-state index contributed by atoms with van der Waals surface area (Å²) in [5.41, 5.74) is 6.74. The Morgan fingerprint density at radius 1 is 1.50 bits per heavy atom. The van der Waals surface area contributed by atoms with Gasteiger partial charge in [0, 0.05) is 10.6 Å². The summed E-state index contributed by atoms with van der Waals surface area (Å²) < 4.78 is 13.1. The molecule has 0 fully saturated rings. The van der Waals surface area contributed by atoms with Crippen molar-refractivity contribution in [2.75, 3.05) is 6.54 Å². The molecule has 1 rings (SSSR count). The van der Waals surface area contributed by atoms with Crippen LogP contribution in [-0.2, 0) is 6.42 Å². The zero-order valence-corrected chi connectivity index (χ0v) is 7.66. The number of hydrogen-bond donors (Lipinski definition) is 1. The Labute approximate surface area is 76.3 Å². The first-order valence-corrected chi connectivity index (χ1v) is 4.18. The van der Waals surface area contributed by atoms with Crippen molar-refractivity contribution in [3.05, 3.63) is 34.1 Å². The van der Waals surface area contributed by atoms with Crippen LogP contribution in [0.5, 0.6) is 0 Å². The van der Waals surface area contributed by atoms with E-state index in [1.165, 1.54) is 6.07 Å². The van der Waals surface area contributed by atoms with Crippen LogP contribution in [0.2, 0.25) is 5.02 Å². The molecule has 0 aliphatic carbocycles. The maximum Gasteiger partial charge on any atom is 0.127 e. The van der Waals surface area contributed by atoms with Crippen molar-refractivity contribution in [3.8, 4) is 0 Å². The van der Waals surface area contributed by atoms with Crippen molar-refractivity contribution < 1.29 is 4.39 Å². The van der Waals surface area contributed by atoms with Crippen LogP contribution in [0.25, 0.3) is 0 Å². The van der Waals surface area contributed by atoms with Crippen molar-refractivity contribution in [1.29, 1.82) is 0 Å². The molecule has 3 heteroatoms. The molecular weight excluding hydrogens is 177 g/mol. The number of benzene rings is 1. The summed E-state index contributed by atoms with van der Waals surface area (Å²) in [6.45, 7) is 2.27. The number of nitrogens with two attached hydrogens (primary N) is 1. The van der Waals surface area contributed by atoms with Gasteiger partial charge in [-0.2, -0.15) is 0 Å². The van der Waals surface area contributed by atoms with Gasteiger partial charge < -0.3 is 5.73 Å². The smallest absolute Gasteiger partial charge is 0.127 e. The van der Waals surface area contributed by atoms with Gasteiger partial charge >= 0.3 is 0 Å². The third-order valence-electron chi connectivity index (χ3n) is 1.77. The van der Waals surface area contributed by atoms with E-state index in [0.29, 0.717) is 23.6 Å². The summed E-state index contributed by atoms with van der Waals surface area (Å²) in [4.78, 5) is 0. The average molecular weight is 188 g/mol. The molecule has 0 saturated carbocycles. The van der Waals surface area contributed by atoms with Crippen LogP contribution < -0.4 is 5.73 Å². The average Bonchev–Trinajstić information content (AvgIpc) is 2.06. The van der Waals surface area contributed by atoms with E-state index >= 15 is 0 Å². The van der Waals surface area contributed by atoms with E-state index in [-0.39, 0.29) is 5.82 Å². The van der Waals surface area contributed by atoms with E-state index in [0.717, 1.165) is 5.56 Å². The first-order valence-electron chi connectivity index (χ1n) is 3.80. The van der Waals surface area contributed by atoms with Gasteiger partial charge in [0.2, 0.25) is 0 Å². The SMILES string of the molecule is Cc1ccc(F)c(CCN)c1Cl. The molecule has 0 amide bonds. The molecule has 0 unspecified atom stereocenters. The summed E-state index contributed by atoms with van der Waals surface area (Å²) >= 11 is 5.88. The van der Waals surface area contributed by atoms with Crippen LogP contribution in [0.1, 0.15) is 11.1 Å². The first-order chi connectivity index (χ1) is 5.66. The summed E-state index contributed by atoms with van der Waals surface area (Å²) in [6.07, 6.45) is 0.492. The molecule has 0 atom stereocenters.